The van der Waals surface area contributed by atoms with Gasteiger partial charge < -0.3 is 9.64 Å². The molecule has 1 rings (SSSR count). The van der Waals surface area contributed by atoms with E-state index in [2.05, 4.69) is 4.90 Å². The number of ether oxygens (including phenoxy) is 1. The van der Waals surface area contributed by atoms with Crippen LogP contribution in [-0.2, 0) is 9.53 Å². The number of rotatable bonds is 6. The van der Waals surface area contributed by atoms with Crippen LogP contribution in [0.3, 0.4) is 0 Å². The van der Waals surface area contributed by atoms with E-state index in [-0.39, 0.29) is 24.3 Å². The molecule has 0 saturated carbocycles. The normalized spacial score (nSPS) is 11.9. The smallest absolute Gasteiger partial charge is 0.351 e. The van der Waals surface area contributed by atoms with Crippen molar-refractivity contribution in [2.24, 2.45) is 0 Å². The average molecular weight is 300 g/mol. The zero-order chi connectivity index (χ0) is 16.7. The maximum atomic E-state index is 12.2. The number of esters is 1. The molecule has 0 N–H and O–H groups in total. The number of nitrogens with zero attached hydrogens (tertiary/aromatic N) is 2. The first-order chi connectivity index (χ1) is 10.4. The lowest BCUT2D eigenvalue weighted by Crippen LogP contribution is -2.37. The highest BCUT2D eigenvalue weighted by Crippen LogP contribution is 2.28. The van der Waals surface area contributed by atoms with Crippen LogP contribution in [0.1, 0.15) is 40.2 Å². The topological polar surface area (TPSA) is 53.3 Å². The number of carbonyl (C=O) groups is 1. The molecular weight excluding hydrogens is 276 g/mol. The zero-order valence-corrected chi connectivity index (χ0v) is 14.0. The Hall–Kier alpha value is -2.28. The Morgan fingerprint density at radius 3 is 2.14 bits per heavy atom. The molecule has 118 valence electrons. The molecule has 0 radical (unpaired) electrons. The summed E-state index contributed by atoms with van der Waals surface area (Å²) in [5.74, 6) is -0.574. The highest BCUT2D eigenvalue weighted by molar-refractivity contribution is 6.01. The van der Waals surface area contributed by atoms with Crippen molar-refractivity contribution in [3.8, 4) is 6.07 Å². The van der Waals surface area contributed by atoms with Gasteiger partial charge in [0.05, 0.1) is 12.3 Å². The van der Waals surface area contributed by atoms with Gasteiger partial charge in [0.1, 0.15) is 6.07 Å². The standard InChI is InChI=1S/C18H24N2O2/c1-6-22-18(21)16(12-19)17(15-10-8-7-9-11-15)20(13(2)3)14(4)5/h7-11,13-14H,6H2,1-5H3/b17-16-. The Labute approximate surface area is 133 Å². The maximum Gasteiger partial charge on any atom is 0.351 e. The summed E-state index contributed by atoms with van der Waals surface area (Å²) in [6.45, 7) is 10.2. The van der Waals surface area contributed by atoms with Crippen molar-refractivity contribution >= 4 is 11.7 Å². The van der Waals surface area contributed by atoms with Crippen LogP contribution < -0.4 is 0 Å². The van der Waals surface area contributed by atoms with E-state index >= 15 is 0 Å². The summed E-state index contributed by atoms with van der Waals surface area (Å²) in [5.41, 5.74) is 1.52. The second-order valence-corrected chi connectivity index (χ2v) is 5.52. The third-order valence-corrected chi connectivity index (χ3v) is 3.25. The first-order valence-electron chi connectivity index (χ1n) is 7.59. The fourth-order valence-electron chi connectivity index (χ4n) is 2.53. The minimum atomic E-state index is -0.574. The molecule has 0 heterocycles. The highest BCUT2D eigenvalue weighted by atomic mass is 16.5. The molecule has 0 unspecified atom stereocenters. The van der Waals surface area contributed by atoms with E-state index in [1.54, 1.807) is 6.92 Å². The fraction of sp³-hybridized carbons (Fsp3) is 0.444. The molecule has 0 amide bonds. The van der Waals surface area contributed by atoms with Crippen LogP contribution in [0.5, 0.6) is 0 Å². The van der Waals surface area contributed by atoms with Crippen LogP contribution in [0.25, 0.3) is 5.70 Å². The quantitative estimate of drug-likeness (QED) is 0.457. The summed E-state index contributed by atoms with van der Waals surface area (Å²) in [7, 11) is 0. The first-order valence-corrected chi connectivity index (χ1v) is 7.59. The summed E-state index contributed by atoms with van der Waals surface area (Å²) < 4.78 is 5.06. The molecule has 1 aromatic carbocycles. The van der Waals surface area contributed by atoms with Gasteiger partial charge in [-0.1, -0.05) is 30.3 Å². The summed E-state index contributed by atoms with van der Waals surface area (Å²) in [4.78, 5) is 14.3. The largest absolute Gasteiger partial charge is 0.462 e. The van der Waals surface area contributed by atoms with Crippen molar-refractivity contribution in [1.82, 2.24) is 4.90 Å². The second-order valence-electron chi connectivity index (χ2n) is 5.52. The highest BCUT2D eigenvalue weighted by Gasteiger charge is 2.26. The van der Waals surface area contributed by atoms with E-state index in [0.717, 1.165) is 5.56 Å². The maximum absolute atomic E-state index is 12.2. The summed E-state index contributed by atoms with van der Waals surface area (Å²) >= 11 is 0. The number of benzene rings is 1. The van der Waals surface area contributed by atoms with Crippen molar-refractivity contribution in [2.75, 3.05) is 6.61 Å². The van der Waals surface area contributed by atoms with Crippen molar-refractivity contribution in [3.63, 3.8) is 0 Å². The minimum absolute atomic E-state index is 0.0513. The number of hydrogen-bond acceptors (Lipinski definition) is 4. The predicted molar refractivity (Wildman–Crippen MR) is 87.7 cm³/mol. The molecule has 0 fully saturated rings. The van der Waals surface area contributed by atoms with E-state index in [0.29, 0.717) is 5.70 Å². The fourth-order valence-corrected chi connectivity index (χ4v) is 2.53. The van der Waals surface area contributed by atoms with Gasteiger partial charge in [-0.25, -0.2) is 4.79 Å². The van der Waals surface area contributed by atoms with E-state index in [4.69, 9.17) is 4.74 Å². The summed E-state index contributed by atoms with van der Waals surface area (Å²) in [6, 6.07) is 11.8. The third-order valence-electron chi connectivity index (χ3n) is 3.25. The van der Waals surface area contributed by atoms with Crippen LogP contribution in [0.2, 0.25) is 0 Å². The van der Waals surface area contributed by atoms with Crippen molar-refractivity contribution in [1.29, 1.82) is 5.26 Å². The lowest BCUT2D eigenvalue weighted by molar-refractivity contribution is -0.138. The monoisotopic (exact) mass is 300 g/mol. The first kappa shape index (κ1) is 17.8. The van der Waals surface area contributed by atoms with Crippen LogP contribution in [0.15, 0.2) is 35.9 Å². The van der Waals surface area contributed by atoms with Gasteiger partial charge in [-0.05, 0) is 40.2 Å². The number of hydrogen-bond donors (Lipinski definition) is 0. The molecule has 0 aliphatic carbocycles. The SMILES string of the molecule is CCOC(=O)/C(C#N)=C(/c1ccccc1)N(C(C)C)C(C)C. The lowest BCUT2D eigenvalue weighted by atomic mass is 10.0. The Bertz CT molecular complexity index is 560. The van der Waals surface area contributed by atoms with Crippen LogP contribution in [-0.4, -0.2) is 29.6 Å². The molecule has 0 spiro atoms. The minimum Gasteiger partial charge on any atom is -0.462 e. The summed E-state index contributed by atoms with van der Waals surface area (Å²) in [6.07, 6.45) is 0. The predicted octanol–water partition coefficient (Wildman–Crippen LogP) is 3.60. The van der Waals surface area contributed by atoms with Gasteiger partial charge in [0.2, 0.25) is 0 Å². The van der Waals surface area contributed by atoms with Gasteiger partial charge in [-0.3, -0.25) is 0 Å². The van der Waals surface area contributed by atoms with Crippen molar-refractivity contribution < 1.29 is 9.53 Å². The lowest BCUT2D eigenvalue weighted by Gasteiger charge is -2.35. The van der Waals surface area contributed by atoms with Gasteiger partial charge in [-0.2, -0.15) is 5.26 Å². The molecule has 1 aromatic rings. The average Bonchev–Trinajstić information content (AvgIpc) is 2.47. The molecular formula is C18H24N2O2. The molecule has 4 nitrogen and oxygen atoms in total. The Kier molecular flexibility index (Phi) is 6.65. The van der Waals surface area contributed by atoms with E-state index < -0.39 is 5.97 Å². The Morgan fingerprint density at radius 1 is 1.18 bits per heavy atom. The van der Waals surface area contributed by atoms with Crippen LogP contribution in [0, 0.1) is 11.3 Å². The Morgan fingerprint density at radius 2 is 1.73 bits per heavy atom. The number of nitriles is 1. The molecule has 0 aliphatic heterocycles. The zero-order valence-electron chi connectivity index (χ0n) is 14.0. The molecule has 0 aromatic heterocycles. The molecule has 22 heavy (non-hydrogen) atoms. The van der Waals surface area contributed by atoms with Crippen molar-refractivity contribution in [2.45, 2.75) is 46.7 Å². The molecule has 4 heteroatoms. The van der Waals surface area contributed by atoms with Gasteiger partial charge in [-0.15, -0.1) is 0 Å². The third kappa shape index (κ3) is 4.11. The van der Waals surface area contributed by atoms with E-state index in [1.807, 2.05) is 64.1 Å². The van der Waals surface area contributed by atoms with E-state index in [1.165, 1.54) is 0 Å². The second kappa shape index (κ2) is 8.23. The van der Waals surface area contributed by atoms with Crippen molar-refractivity contribution in [3.05, 3.63) is 41.5 Å². The van der Waals surface area contributed by atoms with Gasteiger partial charge >= 0.3 is 5.97 Å². The number of carbonyl (C=O) groups excluding carboxylic acids is 1. The summed E-state index contributed by atoms with van der Waals surface area (Å²) in [5, 5.41) is 9.53. The molecule has 0 aliphatic rings. The molecule has 0 bridgehead atoms. The van der Waals surface area contributed by atoms with Gasteiger partial charge in [0.15, 0.2) is 5.57 Å². The van der Waals surface area contributed by atoms with E-state index in [9.17, 15) is 10.1 Å². The van der Waals surface area contributed by atoms with Gasteiger partial charge in [0.25, 0.3) is 0 Å². The molecule has 0 saturated heterocycles. The molecule has 0 atom stereocenters. The Balaban J connectivity index is 3.58. The van der Waals surface area contributed by atoms with Crippen LogP contribution in [0.4, 0.5) is 0 Å². The van der Waals surface area contributed by atoms with Gasteiger partial charge in [0, 0.05) is 12.1 Å². The van der Waals surface area contributed by atoms with Crippen LogP contribution >= 0.6 is 0 Å².